The fourth-order valence-corrected chi connectivity index (χ4v) is 1.62. The average molecular weight is 306 g/mol. The Morgan fingerprint density at radius 2 is 1.82 bits per heavy atom. The molecule has 0 saturated heterocycles. The number of halogens is 3. The second-order valence-electron chi connectivity index (χ2n) is 4.44. The quantitative estimate of drug-likeness (QED) is 0.907. The Morgan fingerprint density at radius 3 is 2.24 bits per heavy atom. The minimum atomic E-state index is -0.874. The van der Waals surface area contributed by atoms with Crippen molar-refractivity contribution in [3.63, 3.8) is 0 Å². The summed E-state index contributed by atoms with van der Waals surface area (Å²) in [7, 11) is 0. The lowest BCUT2D eigenvalue weighted by Crippen LogP contribution is -2.43. The van der Waals surface area contributed by atoms with Gasteiger partial charge in [-0.3, -0.25) is 4.79 Å². The van der Waals surface area contributed by atoms with Gasteiger partial charge in [0.25, 0.3) is 5.91 Å². The van der Waals surface area contributed by atoms with Gasteiger partial charge >= 0.3 is 0 Å². The van der Waals surface area contributed by atoms with Crippen molar-refractivity contribution in [3.8, 4) is 0 Å². The maximum Gasteiger partial charge on any atom is 0.257 e. The molecular weight excluding hydrogens is 292 g/mol. The molecule has 0 bridgehead atoms. The van der Waals surface area contributed by atoms with Gasteiger partial charge in [-0.2, -0.15) is 0 Å². The summed E-state index contributed by atoms with van der Waals surface area (Å²) in [4.78, 5) is 11.8. The van der Waals surface area contributed by atoms with Gasteiger partial charge in [0.15, 0.2) is 0 Å². The summed E-state index contributed by atoms with van der Waals surface area (Å²) >= 11 is 2.96. The molecular formula is C12H14BrF2NO. The fraction of sp³-hybridized carbons (Fsp3) is 0.417. The van der Waals surface area contributed by atoms with Crippen molar-refractivity contribution in [2.45, 2.75) is 32.7 Å². The first kappa shape index (κ1) is 14.1. The molecule has 0 aliphatic heterocycles. The highest BCUT2D eigenvalue weighted by atomic mass is 79.9. The van der Waals surface area contributed by atoms with Crippen molar-refractivity contribution in [1.29, 1.82) is 0 Å². The van der Waals surface area contributed by atoms with Gasteiger partial charge in [0.2, 0.25) is 0 Å². The van der Waals surface area contributed by atoms with E-state index >= 15 is 0 Å². The topological polar surface area (TPSA) is 29.1 Å². The molecule has 0 heterocycles. The van der Waals surface area contributed by atoms with E-state index in [1.807, 2.05) is 6.92 Å². The van der Waals surface area contributed by atoms with Crippen LogP contribution in [0.3, 0.4) is 0 Å². The number of carbonyl (C=O) groups is 1. The number of amides is 1. The summed E-state index contributed by atoms with van der Waals surface area (Å²) in [6.45, 7) is 5.47. The number of carbonyl (C=O) groups excluding carboxylic acids is 1. The first-order valence-electron chi connectivity index (χ1n) is 5.24. The van der Waals surface area contributed by atoms with Crippen LogP contribution in [0, 0.1) is 11.6 Å². The maximum absolute atomic E-state index is 13.5. The molecule has 0 aliphatic rings. The molecule has 1 amide bonds. The highest BCUT2D eigenvalue weighted by Crippen LogP contribution is 2.20. The minimum Gasteiger partial charge on any atom is -0.347 e. The maximum atomic E-state index is 13.5. The zero-order chi connectivity index (χ0) is 13.2. The largest absolute Gasteiger partial charge is 0.347 e. The van der Waals surface area contributed by atoms with Crippen LogP contribution in [0.2, 0.25) is 0 Å². The van der Waals surface area contributed by atoms with Crippen molar-refractivity contribution in [1.82, 2.24) is 5.32 Å². The van der Waals surface area contributed by atoms with E-state index in [0.717, 1.165) is 12.1 Å². The average Bonchev–Trinajstić information content (AvgIpc) is 2.14. The first-order valence-corrected chi connectivity index (χ1v) is 6.03. The SMILES string of the molecule is CCC(C)(C)NC(=O)c1c(F)cc(Br)cc1F. The molecule has 0 radical (unpaired) electrons. The second kappa shape index (κ2) is 5.12. The molecule has 0 aromatic heterocycles. The Bertz CT molecular complexity index is 423. The Morgan fingerprint density at radius 1 is 1.35 bits per heavy atom. The van der Waals surface area contributed by atoms with Crippen molar-refractivity contribution in [3.05, 3.63) is 33.8 Å². The predicted molar refractivity (Wildman–Crippen MR) is 65.9 cm³/mol. The highest BCUT2D eigenvalue weighted by Gasteiger charge is 2.24. The lowest BCUT2D eigenvalue weighted by Gasteiger charge is -2.24. The fourth-order valence-electron chi connectivity index (χ4n) is 1.22. The van der Waals surface area contributed by atoms with Crippen molar-refractivity contribution >= 4 is 21.8 Å². The molecule has 0 fully saturated rings. The van der Waals surface area contributed by atoms with Crippen LogP contribution in [-0.2, 0) is 0 Å². The van der Waals surface area contributed by atoms with Crippen molar-refractivity contribution in [2.75, 3.05) is 0 Å². The normalized spacial score (nSPS) is 11.4. The van der Waals surface area contributed by atoms with Gasteiger partial charge < -0.3 is 5.32 Å². The molecule has 1 N–H and O–H groups in total. The molecule has 1 aromatic rings. The van der Waals surface area contributed by atoms with E-state index in [2.05, 4.69) is 21.2 Å². The van der Waals surface area contributed by atoms with Crippen LogP contribution in [0.25, 0.3) is 0 Å². The molecule has 0 aliphatic carbocycles. The first-order chi connectivity index (χ1) is 7.76. The Labute approximate surface area is 108 Å². The van der Waals surface area contributed by atoms with Crippen LogP contribution >= 0.6 is 15.9 Å². The Hall–Kier alpha value is -0.970. The van der Waals surface area contributed by atoms with E-state index in [4.69, 9.17) is 0 Å². The monoisotopic (exact) mass is 305 g/mol. The molecule has 0 spiro atoms. The minimum absolute atomic E-state index is 0.263. The van der Waals surface area contributed by atoms with Gasteiger partial charge in [-0.15, -0.1) is 0 Å². The number of hydrogen-bond acceptors (Lipinski definition) is 1. The third-order valence-corrected chi connectivity index (χ3v) is 3.03. The zero-order valence-corrected chi connectivity index (χ0v) is 11.5. The smallest absolute Gasteiger partial charge is 0.257 e. The summed E-state index contributed by atoms with van der Waals surface area (Å²) in [6, 6.07) is 2.13. The predicted octanol–water partition coefficient (Wildman–Crippen LogP) is 3.65. The molecule has 94 valence electrons. The van der Waals surface area contributed by atoms with Crippen LogP contribution in [0.5, 0.6) is 0 Å². The number of rotatable bonds is 3. The highest BCUT2D eigenvalue weighted by molar-refractivity contribution is 9.10. The molecule has 1 rings (SSSR count). The third-order valence-electron chi connectivity index (χ3n) is 2.57. The van der Waals surface area contributed by atoms with Gasteiger partial charge in [0.1, 0.15) is 17.2 Å². The Kier molecular flexibility index (Phi) is 4.25. The van der Waals surface area contributed by atoms with Crippen LogP contribution in [0.15, 0.2) is 16.6 Å². The van der Waals surface area contributed by atoms with Crippen LogP contribution in [-0.4, -0.2) is 11.4 Å². The van der Waals surface area contributed by atoms with E-state index in [1.165, 1.54) is 0 Å². The lowest BCUT2D eigenvalue weighted by atomic mass is 10.0. The van der Waals surface area contributed by atoms with Gasteiger partial charge in [-0.05, 0) is 32.4 Å². The standard InChI is InChI=1S/C12H14BrF2NO/c1-4-12(2,3)16-11(17)10-8(14)5-7(13)6-9(10)15/h5-6H,4H2,1-3H3,(H,16,17). The van der Waals surface area contributed by atoms with Crippen molar-refractivity contribution < 1.29 is 13.6 Å². The van der Waals surface area contributed by atoms with Gasteiger partial charge in [0.05, 0.1) is 0 Å². The summed E-state index contributed by atoms with van der Waals surface area (Å²) < 4.78 is 27.3. The van der Waals surface area contributed by atoms with Crippen LogP contribution < -0.4 is 5.32 Å². The Balaban J connectivity index is 3.05. The summed E-state index contributed by atoms with van der Waals surface area (Å²) in [5.41, 5.74) is -1.04. The summed E-state index contributed by atoms with van der Waals surface area (Å²) in [5, 5.41) is 2.59. The van der Waals surface area contributed by atoms with E-state index in [1.54, 1.807) is 13.8 Å². The summed E-state index contributed by atoms with van der Waals surface area (Å²) in [5.74, 6) is -2.48. The second-order valence-corrected chi connectivity index (χ2v) is 5.35. The van der Waals surface area contributed by atoms with Crippen LogP contribution in [0.4, 0.5) is 8.78 Å². The molecule has 17 heavy (non-hydrogen) atoms. The zero-order valence-electron chi connectivity index (χ0n) is 9.90. The van der Waals surface area contributed by atoms with E-state index in [0.29, 0.717) is 6.42 Å². The van der Waals surface area contributed by atoms with E-state index < -0.39 is 28.6 Å². The molecule has 0 unspecified atom stereocenters. The number of hydrogen-bond donors (Lipinski definition) is 1. The van der Waals surface area contributed by atoms with Gasteiger partial charge in [-0.1, -0.05) is 22.9 Å². The lowest BCUT2D eigenvalue weighted by molar-refractivity contribution is 0.0902. The van der Waals surface area contributed by atoms with Gasteiger partial charge in [0, 0.05) is 10.0 Å². The molecule has 1 aromatic carbocycles. The third kappa shape index (κ3) is 3.49. The van der Waals surface area contributed by atoms with Gasteiger partial charge in [-0.25, -0.2) is 8.78 Å². The van der Waals surface area contributed by atoms with Crippen LogP contribution in [0.1, 0.15) is 37.6 Å². The molecule has 2 nitrogen and oxygen atoms in total. The molecule has 5 heteroatoms. The van der Waals surface area contributed by atoms with E-state index in [-0.39, 0.29) is 4.47 Å². The van der Waals surface area contributed by atoms with E-state index in [9.17, 15) is 13.6 Å². The molecule has 0 saturated carbocycles. The number of nitrogens with one attached hydrogen (secondary N) is 1. The van der Waals surface area contributed by atoms with Crippen molar-refractivity contribution in [2.24, 2.45) is 0 Å². The number of benzene rings is 1. The summed E-state index contributed by atoms with van der Waals surface area (Å²) in [6.07, 6.45) is 0.665. The molecule has 0 atom stereocenters.